The Morgan fingerprint density at radius 3 is 2.74 bits per heavy atom. The average Bonchev–Trinajstić information content (AvgIpc) is 3.26. The van der Waals surface area contributed by atoms with Gasteiger partial charge in [-0.25, -0.2) is 4.98 Å². The van der Waals surface area contributed by atoms with E-state index in [9.17, 15) is 22.8 Å². The highest BCUT2D eigenvalue weighted by Crippen LogP contribution is 2.24. The molecule has 0 fully saturated rings. The van der Waals surface area contributed by atoms with E-state index in [1.807, 2.05) is 6.07 Å². The second-order valence-corrected chi connectivity index (χ2v) is 8.25. The lowest BCUT2D eigenvalue weighted by molar-refractivity contribution is -0.139. The first-order valence-corrected chi connectivity index (χ1v) is 11.4. The van der Waals surface area contributed by atoms with E-state index >= 15 is 0 Å². The van der Waals surface area contributed by atoms with Crippen LogP contribution in [0.1, 0.15) is 25.7 Å². The van der Waals surface area contributed by atoms with Crippen LogP contribution in [-0.2, 0) is 4.79 Å². The Morgan fingerprint density at radius 2 is 2.03 bits per heavy atom. The maximum Gasteiger partial charge on any atom is 0.392 e. The van der Waals surface area contributed by atoms with Gasteiger partial charge in [0.25, 0.3) is 5.56 Å². The van der Waals surface area contributed by atoms with Crippen LogP contribution >= 0.6 is 11.8 Å². The van der Waals surface area contributed by atoms with Crippen LogP contribution in [0.5, 0.6) is 5.75 Å². The van der Waals surface area contributed by atoms with Gasteiger partial charge in [0.05, 0.1) is 36.6 Å². The predicted molar refractivity (Wildman–Crippen MR) is 121 cm³/mol. The number of benzene rings is 1. The number of rotatable bonds is 11. The van der Waals surface area contributed by atoms with E-state index in [1.165, 1.54) is 28.5 Å². The zero-order chi connectivity index (χ0) is 24.6. The molecule has 2 N–H and O–H groups in total. The van der Waals surface area contributed by atoms with E-state index in [-0.39, 0.29) is 30.1 Å². The molecule has 34 heavy (non-hydrogen) atoms. The number of fused-ring (bicyclic) bond motifs is 1. The lowest BCUT2D eigenvalue weighted by Crippen LogP contribution is -2.24. The molecule has 0 saturated heterocycles. The SMILES string of the molecule is N#CCCNC(=O)CCCSc1nc2[nH]ccc2c(=O)n1-c1ccc(OCCC(F)(F)F)cc1. The molecule has 12 heteroatoms. The zero-order valence-electron chi connectivity index (χ0n) is 18.0. The van der Waals surface area contributed by atoms with E-state index in [1.54, 1.807) is 24.4 Å². The molecule has 0 aliphatic rings. The lowest BCUT2D eigenvalue weighted by Gasteiger charge is -2.13. The van der Waals surface area contributed by atoms with E-state index in [2.05, 4.69) is 15.3 Å². The molecule has 3 rings (SSSR count). The largest absolute Gasteiger partial charge is 0.493 e. The number of nitrogens with one attached hydrogen (secondary N) is 2. The average molecular weight is 494 g/mol. The van der Waals surface area contributed by atoms with Gasteiger partial charge in [-0.1, -0.05) is 11.8 Å². The summed E-state index contributed by atoms with van der Waals surface area (Å²) in [6.45, 7) is -0.187. The number of nitrogens with zero attached hydrogens (tertiary/aromatic N) is 3. The van der Waals surface area contributed by atoms with Crippen molar-refractivity contribution in [3.63, 3.8) is 0 Å². The summed E-state index contributed by atoms with van der Waals surface area (Å²) in [7, 11) is 0. The van der Waals surface area contributed by atoms with Crippen LogP contribution in [0.3, 0.4) is 0 Å². The molecular weight excluding hydrogens is 471 g/mol. The molecule has 180 valence electrons. The van der Waals surface area contributed by atoms with Crippen molar-refractivity contribution in [1.29, 1.82) is 5.26 Å². The van der Waals surface area contributed by atoms with Crippen LogP contribution in [0, 0.1) is 11.3 Å². The van der Waals surface area contributed by atoms with Crippen LogP contribution in [0.25, 0.3) is 16.7 Å². The van der Waals surface area contributed by atoms with Crippen molar-refractivity contribution >= 4 is 28.7 Å². The van der Waals surface area contributed by atoms with Gasteiger partial charge in [-0.05, 0) is 36.8 Å². The molecule has 8 nitrogen and oxygen atoms in total. The van der Waals surface area contributed by atoms with Gasteiger partial charge >= 0.3 is 6.18 Å². The number of halogens is 3. The third kappa shape index (κ3) is 7.02. The fourth-order valence-corrected chi connectivity index (χ4v) is 3.97. The van der Waals surface area contributed by atoms with E-state index in [4.69, 9.17) is 10.00 Å². The number of thioether (sulfide) groups is 1. The van der Waals surface area contributed by atoms with Gasteiger partial charge in [0.1, 0.15) is 11.4 Å². The molecule has 3 aromatic rings. The normalized spacial score (nSPS) is 11.4. The first-order chi connectivity index (χ1) is 16.3. The summed E-state index contributed by atoms with van der Waals surface area (Å²) in [4.78, 5) is 32.3. The number of aromatic nitrogens is 3. The number of ether oxygens (including phenoxy) is 1. The topological polar surface area (TPSA) is 113 Å². The third-order valence-electron chi connectivity index (χ3n) is 4.64. The molecule has 0 aliphatic carbocycles. The Kier molecular flexibility index (Phi) is 8.59. The smallest absolute Gasteiger partial charge is 0.392 e. The van der Waals surface area contributed by atoms with Gasteiger partial charge in [-0.2, -0.15) is 18.4 Å². The summed E-state index contributed by atoms with van der Waals surface area (Å²) in [5, 5.41) is 12.0. The first-order valence-electron chi connectivity index (χ1n) is 10.4. The lowest BCUT2D eigenvalue weighted by atomic mass is 10.3. The minimum Gasteiger partial charge on any atom is -0.493 e. The molecule has 1 amide bonds. The first kappa shape index (κ1) is 25.2. The van der Waals surface area contributed by atoms with Gasteiger partial charge in [0, 0.05) is 24.9 Å². The summed E-state index contributed by atoms with van der Waals surface area (Å²) < 4.78 is 43.5. The minimum absolute atomic E-state index is 0.151. The van der Waals surface area contributed by atoms with E-state index in [0.717, 1.165) is 0 Å². The summed E-state index contributed by atoms with van der Waals surface area (Å²) in [5.41, 5.74) is 0.624. The molecule has 0 bridgehead atoms. The van der Waals surface area contributed by atoms with Crippen molar-refractivity contribution in [2.24, 2.45) is 0 Å². The number of carbonyl (C=O) groups excluding carboxylic acids is 1. The van der Waals surface area contributed by atoms with Crippen molar-refractivity contribution < 1.29 is 22.7 Å². The minimum atomic E-state index is -4.30. The fraction of sp³-hybridized carbons (Fsp3) is 0.364. The standard InChI is InChI=1S/C22H22F3N5O3S/c23-22(24,25)9-13-33-16-6-4-15(5-7-16)30-20(32)17-8-12-28-19(17)29-21(30)34-14-1-3-18(31)27-11-2-10-26/h4-8,12,28H,1-3,9,11,13-14H2,(H,27,31). The van der Waals surface area contributed by atoms with Crippen molar-refractivity contribution in [2.75, 3.05) is 18.9 Å². The van der Waals surface area contributed by atoms with Gasteiger partial charge in [-0.15, -0.1) is 0 Å². The molecule has 0 unspecified atom stereocenters. The van der Waals surface area contributed by atoms with Crippen LogP contribution in [0.2, 0.25) is 0 Å². The molecule has 2 heterocycles. The second kappa shape index (κ2) is 11.6. The summed E-state index contributed by atoms with van der Waals surface area (Å²) >= 11 is 1.31. The molecule has 0 spiro atoms. The van der Waals surface area contributed by atoms with Crippen LogP contribution in [-0.4, -0.2) is 45.5 Å². The molecule has 0 aliphatic heterocycles. The number of carbonyl (C=O) groups is 1. The number of hydrogen-bond acceptors (Lipinski definition) is 6. The number of aromatic amines is 1. The molecular formula is C22H22F3N5O3S. The fourth-order valence-electron chi connectivity index (χ4n) is 3.02. The van der Waals surface area contributed by atoms with E-state index in [0.29, 0.717) is 40.6 Å². The summed E-state index contributed by atoms with van der Waals surface area (Å²) in [5.74, 6) is 0.624. The monoisotopic (exact) mass is 493 g/mol. The Morgan fingerprint density at radius 1 is 1.26 bits per heavy atom. The van der Waals surface area contributed by atoms with E-state index < -0.39 is 19.2 Å². The summed E-state index contributed by atoms with van der Waals surface area (Å²) in [6.07, 6.45) is -2.68. The third-order valence-corrected chi connectivity index (χ3v) is 5.67. The van der Waals surface area contributed by atoms with Gasteiger partial charge < -0.3 is 15.0 Å². The van der Waals surface area contributed by atoms with Crippen molar-refractivity contribution in [1.82, 2.24) is 19.9 Å². The zero-order valence-corrected chi connectivity index (χ0v) is 18.8. The Hall–Kier alpha value is -3.46. The number of amides is 1. The Balaban J connectivity index is 1.72. The highest BCUT2D eigenvalue weighted by Gasteiger charge is 2.26. The quantitative estimate of drug-likeness (QED) is 0.238. The van der Waals surface area contributed by atoms with Crippen LogP contribution < -0.4 is 15.6 Å². The Labute approximate surface area is 197 Å². The predicted octanol–water partition coefficient (Wildman–Crippen LogP) is 3.95. The van der Waals surface area contributed by atoms with Crippen molar-refractivity contribution in [3.8, 4) is 17.5 Å². The highest BCUT2D eigenvalue weighted by atomic mass is 32.2. The Bertz CT molecular complexity index is 1220. The van der Waals surface area contributed by atoms with Gasteiger partial charge in [0.2, 0.25) is 5.91 Å². The molecule has 0 saturated carbocycles. The summed E-state index contributed by atoms with van der Waals surface area (Å²) in [6, 6.07) is 9.74. The van der Waals surface area contributed by atoms with Crippen LogP contribution in [0.15, 0.2) is 46.5 Å². The molecule has 1 aromatic carbocycles. The second-order valence-electron chi connectivity index (χ2n) is 7.19. The maximum atomic E-state index is 13.1. The number of H-pyrrole nitrogens is 1. The number of hydrogen-bond donors (Lipinski definition) is 2. The maximum absolute atomic E-state index is 13.1. The molecule has 2 aromatic heterocycles. The molecule has 0 radical (unpaired) electrons. The van der Waals surface area contributed by atoms with Crippen molar-refractivity contribution in [3.05, 3.63) is 46.9 Å². The van der Waals surface area contributed by atoms with Gasteiger partial charge in [-0.3, -0.25) is 14.2 Å². The van der Waals surface area contributed by atoms with Crippen molar-refractivity contribution in [2.45, 2.75) is 37.0 Å². The molecule has 0 atom stereocenters. The number of nitriles is 1. The number of alkyl halides is 3. The van der Waals surface area contributed by atoms with Gasteiger partial charge in [0.15, 0.2) is 5.16 Å². The highest BCUT2D eigenvalue weighted by molar-refractivity contribution is 7.99. The van der Waals surface area contributed by atoms with Crippen LogP contribution in [0.4, 0.5) is 13.2 Å².